The number of carbonyl (C=O) groups is 4. The molecule has 1 aromatic rings. The fourth-order valence-electron chi connectivity index (χ4n) is 2.99. The number of nitrogens with zero attached hydrogens (tertiary/aromatic N) is 4. The standard InChI is InChI=1S/C19H20N6O4/c1-19(14-6-2-5-13(11-14)16(22)27)17(28)25(18(29)23-19)12-15(26)24(9-3-7-20)10-4-8-21/h2,5-6,11H,3-4,9-10,12H2,1H3,(H2,22,27)(H,23,29). The van der Waals surface area contributed by atoms with Crippen molar-refractivity contribution >= 4 is 23.8 Å². The minimum absolute atomic E-state index is 0.0644. The van der Waals surface area contributed by atoms with Crippen molar-refractivity contribution in [2.45, 2.75) is 25.3 Å². The van der Waals surface area contributed by atoms with E-state index in [0.29, 0.717) is 5.56 Å². The number of imide groups is 1. The van der Waals surface area contributed by atoms with E-state index < -0.39 is 35.8 Å². The summed E-state index contributed by atoms with van der Waals surface area (Å²) in [4.78, 5) is 51.4. The second-order valence-electron chi connectivity index (χ2n) is 6.59. The predicted molar refractivity (Wildman–Crippen MR) is 99.6 cm³/mol. The zero-order valence-electron chi connectivity index (χ0n) is 15.8. The average molecular weight is 396 g/mol. The number of carbonyl (C=O) groups excluding carboxylic acids is 4. The lowest BCUT2D eigenvalue weighted by Crippen LogP contribution is -2.45. The van der Waals surface area contributed by atoms with Crippen LogP contribution in [0.2, 0.25) is 0 Å². The first-order valence-corrected chi connectivity index (χ1v) is 8.80. The highest BCUT2D eigenvalue weighted by molar-refractivity contribution is 6.09. The van der Waals surface area contributed by atoms with E-state index in [4.69, 9.17) is 16.3 Å². The first-order chi connectivity index (χ1) is 13.7. The fourth-order valence-corrected chi connectivity index (χ4v) is 2.99. The number of amides is 5. The average Bonchev–Trinajstić information content (AvgIpc) is 2.92. The van der Waals surface area contributed by atoms with Gasteiger partial charge in [-0.15, -0.1) is 0 Å². The van der Waals surface area contributed by atoms with Crippen molar-refractivity contribution in [1.82, 2.24) is 15.1 Å². The number of nitrogens with one attached hydrogen (secondary N) is 1. The molecule has 1 aromatic carbocycles. The smallest absolute Gasteiger partial charge is 0.325 e. The summed E-state index contributed by atoms with van der Waals surface area (Å²) >= 11 is 0. The largest absolute Gasteiger partial charge is 0.366 e. The Kier molecular flexibility index (Phi) is 6.52. The second kappa shape index (κ2) is 8.85. The first kappa shape index (κ1) is 21.4. The third-order valence-electron chi connectivity index (χ3n) is 4.63. The molecule has 2 rings (SSSR count). The van der Waals surface area contributed by atoms with Gasteiger partial charge in [-0.05, 0) is 24.6 Å². The Bertz CT molecular complexity index is 913. The van der Waals surface area contributed by atoms with Gasteiger partial charge in [-0.25, -0.2) is 4.79 Å². The molecule has 10 nitrogen and oxygen atoms in total. The monoisotopic (exact) mass is 396 g/mol. The number of benzene rings is 1. The molecule has 1 unspecified atom stereocenters. The predicted octanol–water partition coefficient (Wildman–Crippen LogP) is 0.208. The molecule has 0 saturated carbocycles. The van der Waals surface area contributed by atoms with E-state index in [1.165, 1.54) is 24.0 Å². The number of nitrogens with two attached hydrogens (primary N) is 1. The van der Waals surface area contributed by atoms with E-state index in [9.17, 15) is 19.2 Å². The van der Waals surface area contributed by atoms with E-state index in [1.54, 1.807) is 12.1 Å². The van der Waals surface area contributed by atoms with Gasteiger partial charge in [0.1, 0.15) is 12.1 Å². The third-order valence-corrected chi connectivity index (χ3v) is 4.63. The molecule has 0 aromatic heterocycles. The highest BCUT2D eigenvalue weighted by atomic mass is 16.2. The molecular weight excluding hydrogens is 376 g/mol. The van der Waals surface area contributed by atoms with Crippen LogP contribution < -0.4 is 11.1 Å². The maximum atomic E-state index is 13.0. The Labute approximate surface area is 167 Å². The van der Waals surface area contributed by atoms with Crippen molar-refractivity contribution < 1.29 is 19.2 Å². The zero-order chi connectivity index (χ0) is 21.6. The van der Waals surface area contributed by atoms with Crippen LogP contribution in [0.3, 0.4) is 0 Å². The Morgan fingerprint density at radius 2 is 1.83 bits per heavy atom. The molecule has 1 aliphatic rings. The van der Waals surface area contributed by atoms with Gasteiger partial charge in [0.05, 0.1) is 25.0 Å². The number of hydrogen-bond acceptors (Lipinski definition) is 6. The van der Waals surface area contributed by atoms with Crippen molar-refractivity contribution in [2.24, 2.45) is 5.73 Å². The van der Waals surface area contributed by atoms with Gasteiger partial charge in [-0.2, -0.15) is 10.5 Å². The van der Waals surface area contributed by atoms with Gasteiger partial charge >= 0.3 is 6.03 Å². The van der Waals surface area contributed by atoms with E-state index in [1.807, 2.05) is 12.1 Å². The van der Waals surface area contributed by atoms with E-state index in [-0.39, 0.29) is 31.5 Å². The number of nitriles is 2. The lowest BCUT2D eigenvalue weighted by Gasteiger charge is -2.24. The van der Waals surface area contributed by atoms with Gasteiger partial charge in [0.25, 0.3) is 5.91 Å². The van der Waals surface area contributed by atoms with Crippen LogP contribution in [0.1, 0.15) is 35.7 Å². The number of rotatable bonds is 8. The Morgan fingerprint density at radius 3 is 2.38 bits per heavy atom. The van der Waals surface area contributed by atoms with Crippen LogP contribution in [0, 0.1) is 22.7 Å². The van der Waals surface area contributed by atoms with Crippen LogP contribution in [0.5, 0.6) is 0 Å². The van der Waals surface area contributed by atoms with Gasteiger partial charge < -0.3 is 16.0 Å². The van der Waals surface area contributed by atoms with Crippen LogP contribution in [0.25, 0.3) is 0 Å². The van der Waals surface area contributed by atoms with Crippen molar-refractivity contribution in [3.63, 3.8) is 0 Å². The summed E-state index contributed by atoms with van der Waals surface area (Å²) in [7, 11) is 0. The fraction of sp³-hybridized carbons (Fsp3) is 0.368. The SMILES string of the molecule is CC1(c2cccc(C(N)=O)c2)NC(=O)N(CC(=O)N(CCC#N)CCC#N)C1=O. The van der Waals surface area contributed by atoms with Crippen molar-refractivity contribution in [3.8, 4) is 12.1 Å². The van der Waals surface area contributed by atoms with Crippen molar-refractivity contribution in [2.75, 3.05) is 19.6 Å². The third kappa shape index (κ3) is 4.50. The minimum atomic E-state index is -1.47. The molecule has 0 radical (unpaired) electrons. The quantitative estimate of drug-likeness (QED) is 0.597. The minimum Gasteiger partial charge on any atom is -0.366 e. The molecule has 1 saturated heterocycles. The lowest BCUT2D eigenvalue weighted by molar-refractivity contribution is -0.138. The maximum Gasteiger partial charge on any atom is 0.325 e. The van der Waals surface area contributed by atoms with E-state index in [0.717, 1.165) is 4.90 Å². The van der Waals surface area contributed by atoms with E-state index >= 15 is 0 Å². The number of urea groups is 1. The highest BCUT2D eigenvalue weighted by Gasteiger charge is 2.49. The maximum absolute atomic E-state index is 13.0. The van der Waals surface area contributed by atoms with Crippen LogP contribution in [-0.2, 0) is 15.1 Å². The molecule has 150 valence electrons. The summed E-state index contributed by atoms with van der Waals surface area (Å²) < 4.78 is 0. The van der Waals surface area contributed by atoms with Crippen LogP contribution in [0.4, 0.5) is 4.79 Å². The van der Waals surface area contributed by atoms with Gasteiger partial charge in [0.15, 0.2) is 0 Å². The summed E-state index contributed by atoms with van der Waals surface area (Å²) in [6, 6.07) is 9.09. The summed E-state index contributed by atoms with van der Waals surface area (Å²) in [6.07, 6.45) is 0.129. The molecule has 0 spiro atoms. The Hall–Kier alpha value is -3.92. The lowest BCUT2D eigenvalue weighted by atomic mass is 9.90. The van der Waals surface area contributed by atoms with Crippen molar-refractivity contribution in [1.29, 1.82) is 10.5 Å². The van der Waals surface area contributed by atoms with E-state index in [2.05, 4.69) is 5.32 Å². The number of primary amides is 1. The van der Waals surface area contributed by atoms with Crippen molar-refractivity contribution in [3.05, 3.63) is 35.4 Å². The molecule has 1 aliphatic heterocycles. The molecular formula is C19H20N6O4. The summed E-state index contributed by atoms with van der Waals surface area (Å²) in [5.74, 6) is -1.88. The van der Waals surface area contributed by atoms with Crippen LogP contribution >= 0.6 is 0 Å². The summed E-state index contributed by atoms with van der Waals surface area (Å²) in [5, 5.41) is 20.0. The molecule has 1 atom stereocenters. The van der Waals surface area contributed by atoms with Crippen LogP contribution in [-0.4, -0.2) is 53.2 Å². The van der Waals surface area contributed by atoms with Gasteiger partial charge in [-0.3, -0.25) is 19.3 Å². The zero-order valence-corrected chi connectivity index (χ0v) is 15.8. The van der Waals surface area contributed by atoms with Gasteiger partial charge in [0, 0.05) is 18.7 Å². The first-order valence-electron chi connectivity index (χ1n) is 8.80. The van der Waals surface area contributed by atoms with Gasteiger partial charge in [0.2, 0.25) is 11.8 Å². The topological polar surface area (TPSA) is 160 Å². The molecule has 3 N–H and O–H groups in total. The van der Waals surface area contributed by atoms with Gasteiger partial charge in [-0.1, -0.05) is 12.1 Å². The van der Waals surface area contributed by atoms with Crippen LogP contribution in [0.15, 0.2) is 24.3 Å². The molecule has 5 amide bonds. The Morgan fingerprint density at radius 1 is 1.21 bits per heavy atom. The highest BCUT2D eigenvalue weighted by Crippen LogP contribution is 2.29. The second-order valence-corrected chi connectivity index (χ2v) is 6.59. The summed E-state index contributed by atoms with van der Waals surface area (Å²) in [5.41, 5.74) is 4.34. The molecule has 10 heteroatoms. The molecule has 0 bridgehead atoms. The number of hydrogen-bond donors (Lipinski definition) is 2. The molecule has 1 heterocycles. The normalized spacial score (nSPS) is 18.0. The Balaban J connectivity index is 2.22. The summed E-state index contributed by atoms with van der Waals surface area (Å²) in [6.45, 7) is 1.14. The molecule has 0 aliphatic carbocycles. The molecule has 1 fully saturated rings. The molecule has 29 heavy (non-hydrogen) atoms.